The molecule has 0 aliphatic carbocycles. The van der Waals surface area contributed by atoms with Crippen molar-refractivity contribution in [3.63, 3.8) is 0 Å². The third-order valence-corrected chi connectivity index (χ3v) is 2.76. The van der Waals surface area contributed by atoms with E-state index >= 15 is 0 Å². The number of aromatic nitrogens is 3. The summed E-state index contributed by atoms with van der Waals surface area (Å²) in [5.74, 6) is -2.54. The summed E-state index contributed by atoms with van der Waals surface area (Å²) in [4.78, 5) is 16.1. The predicted molar refractivity (Wildman–Crippen MR) is 62.8 cm³/mol. The fourth-order valence-electron chi connectivity index (χ4n) is 1.86. The number of ketones is 1. The summed E-state index contributed by atoms with van der Waals surface area (Å²) in [6.07, 6.45) is 5.73. The zero-order chi connectivity index (χ0) is 13.4. The molecule has 3 aromatic rings. The van der Waals surface area contributed by atoms with Crippen molar-refractivity contribution in [2.75, 3.05) is 0 Å². The van der Waals surface area contributed by atoms with E-state index in [0.29, 0.717) is 5.52 Å². The molecule has 6 heteroatoms. The molecule has 0 atom stereocenters. The van der Waals surface area contributed by atoms with Crippen LogP contribution in [0.15, 0.2) is 43.0 Å². The van der Waals surface area contributed by atoms with Crippen LogP contribution in [0.2, 0.25) is 0 Å². The van der Waals surface area contributed by atoms with Crippen LogP contribution >= 0.6 is 0 Å². The number of hydrogen-bond donors (Lipinski definition) is 0. The van der Waals surface area contributed by atoms with E-state index in [1.165, 1.54) is 29.2 Å². The lowest BCUT2D eigenvalue weighted by molar-refractivity contribution is 0.103. The number of benzene rings is 1. The summed E-state index contributed by atoms with van der Waals surface area (Å²) in [6, 6.07) is 3.29. The Balaban J connectivity index is 2.20. The molecule has 1 aromatic carbocycles. The van der Waals surface area contributed by atoms with Gasteiger partial charge in [-0.1, -0.05) is 6.07 Å². The Kier molecular flexibility index (Phi) is 2.56. The highest BCUT2D eigenvalue weighted by Gasteiger charge is 2.21. The van der Waals surface area contributed by atoms with Gasteiger partial charge in [0.2, 0.25) is 5.78 Å². The van der Waals surface area contributed by atoms with Crippen LogP contribution in [0.5, 0.6) is 0 Å². The molecule has 0 saturated carbocycles. The minimum atomic E-state index is -0.895. The molecule has 0 unspecified atom stereocenters. The first-order valence-corrected chi connectivity index (χ1v) is 5.44. The first-order chi connectivity index (χ1) is 9.18. The first kappa shape index (κ1) is 11.5. The SMILES string of the molecule is O=C(c1c(F)cccc1F)c1cnn2ccncc12. The van der Waals surface area contributed by atoms with Gasteiger partial charge in [0.1, 0.15) is 11.6 Å². The minimum Gasteiger partial charge on any atom is -0.288 e. The summed E-state index contributed by atoms with van der Waals surface area (Å²) < 4.78 is 28.6. The van der Waals surface area contributed by atoms with E-state index in [9.17, 15) is 13.6 Å². The minimum absolute atomic E-state index is 0.108. The Hall–Kier alpha value is -2.63. The van der Waals surface area contributed by atoms with E-state index in [-0.39, 0.29) is 5.56 Å². The molecule has 94 valence electrons. The van der Waals surface area contributed by atoms with Crippen molar-refractivity contribution < 1.29 is 13.6 Å². The van der Waals surface area contributed by atoms with E-state index in [1.54, 1.807) is 6.20 Å². The van der Waals surface area contributed by atoms with Gasteiger partial charge in [0.05, 0.1) is 29.0 Å². The lowest BCUT2D eigenvalue weighted by atomic mass is 10.0. The monoisotopic (exact) mass is 259 g/mol. The molecule has 3 rings (SSSR count). The van der Waals surface area contributed by atoms with Crippen LogP contribution in [-0.2, 0) is 0 Å². The molecular weight excluding hydrogens is 252 g/mol. The van der Waals surface area contributed by atoms with Gasteiger partial charge >= 0.3 is 0 Å². The van der Waals surface area contributed by atoms with Gasteiger partial charge in [0.25, 0.3) is 0 Å². The Morgan fingerprint density at radius 1 is 1.16 bits per heavy atom. The summed E-state index contributed by atoms with van der Waals surface area (Å²) in [7, 11) is 0. The van der Waals surface area contributed by atoms with Crippen LogP contribution < -0.4 is 0 Å². The molecule has 4 nitrogen and oxygen atoms in total. The number of carbonyl (C=O) groups excluding carboxylic acids is 1. The molecule has 2 aromatic heterocycles. The van der Waals surface area contributed by atoms with Gasteiger partial charge in [-0.15, -0.1) is 0 Å². The zero-order valence-electron chi connectivity index (χ0n) is 9.55. The zero-order valence-corrected chi connectivity index (χ0v) is 9.55. The van der Waals surface area contributed by atoms with Crippen molar-refractivity contribution in [1.82, 2.24) is 14.6 Å². The molecule has 0 aliphatic heterocycles. The highest BCUT2D eigenvalue weighted by molar-refractivity contribution is 6.13. The van der Waals surface area contributed by atoms with Crippen LogP contribution in [0, 0.1) is 11.6 Å². The molecule has 0 radical (unpaired) electrons. The molecular formula is C13H7F2N3O. The average molecular weight is 259 g/mol. The molecule has 0 saturated heterocycles. The number of fused-ring (bicyclic) bond motifs is 1. The predicted octanol–water partition coefficient (Wildman–Crippen LogP) is 2.24. The number of nitrogens with zero attached hydrogens (tertiary/aromatic N) is 3. The summed E-state index contributed by atoms with van der Waals surface area (Å²) in [5, 5.41) is 3.94. The lowest BCUT2D eigenvalue weighted by Crippen LogP contribution is -2.07. The highest BCUT2D eigenvalue weighted by Crippen LogP contribution is 2.19. The smallest absolute Gasteiger partial charge is 0.202 e. The second-order valence-electron chi connectivity index (χ2n) is 3.89. The largest absolute Gasteiger partial charge is 0.288 e. The van der Waals surface area contributed by atoms with Crippen LogP contribution in [-0.4, -0.2) is 20.4 Å². The Morgan fingerprint density at radius 2 is 1.89 bits per heavy atom. The maximum absolute atomic E-state index is 13.6. The Labute approximate surface area is 106 Å². The number of halogens is 2. The third kappa shape index (κ3) is 1.77. The average Bonchev–Trinajstić information content (AvgIpc) is 2.82. The Morgan fingerprint density at radius 3 is 2.63 bits per heavy atom. The molecule has 0 N–H and O–H groups in total. The normalized spacial score (nSPS) is 10.8. The van der Waals surface area contributed by atoms with Gasteiger partial charge in [-0.3, -0.25) is 9.78 Å². The van der Waals surface area contributed by atoms with E-state index in [0.717, 1.165) is 12.1 Å². The van der Waals surface area contributed by atoms with E-state index < -0.39 is 23.0 Å². The number of hydrogen-bond acceptors (Lipinski definition) is 3. The first-order valence-electron chi connectivity index (χ1n) is 5.44. The van der Waals surface area contributed by atoms with Crippen LogP contribution in [0.25, 0.3) is 5.52 Å². The van der Waals surface area contributed by atoms with E-state index in [4.69, 9.17) is 0 Å². The third-order valence-electron chi connectivity index (χ3n) is 2.76. The quantitative estimate of drug-likeness (QED) is 0.663. The second-order valence-corrected chi connectivity index (χ2v) is 3.89. The van der Waals surface area contributed by atoms with E-state index in [2.05, 4.69) is 10.1 Å². The summed E-state index contributed by atoms with van der Waals surface area (Å²) in [5.41, 5.74) is -0.0755. The lowest BCUT2D eigenvalue weighted by Gasteiger charge is -2.02. The Bertz CT molecular complexity index is 762. The maximum Gasteiger partial charge on any atom is 0.202 e. The number of carbonyl (C=O) groups is 1. The highest BCUT2D eigenvalue weighted by atomic mass is 19.1. The van der Waals surface area contributed by atoms with Crippen molar-refractivity contribution in [1.29, 1.82) is 0 Å². The summed E-state index contributed by atoms with van der Waals surface area (Å²) >= 11 is 0. The van der Waals surface area contributed by atoms with Gasteiger partial charge in [-0.25, -0.2) is 13.3 Å². The van der Waals surface area contributed by atoms with Crippen molar-refractivity contribution in [3.05, 3.63) is 65.7 Å². The maximum atomic E-state index is 13.6. The van der Waals surface area contributed by atoms with Crippen LogP contribution in [0.1, 0.15) is 15.9 Å². The van der Waals surface area contributed by atoms with Crippen LogP contribution in [0.3, 0.4) is 0 Å². The van der Waals surface area contributed by atoms with Crippen molar-refractivity contribution >= 4 is 11.3 Å². The number of rotatable bonds is 2. The topological polar surface area (TPSA) is 47.3 Å². The fourth-order valence-corrected chi connectivity index (χ4v) is 1.86. The summed E-state index contributed by atoms with van der Waals surface area (Å²) in [6.45, 7) is 0. The molecule has 0 amide bonds. The molecule has 2 heterocycles. The van der Waals surface area contributed by atoms with Gasteiger partial charge < -0.3 is 0 Å². The van der Waals surface area contributed by atoms with Crippen LogP contribution in [0.4, 0.5) is 8.78 Å². The fraction of sp³-hybridized carbons (Fsp3) is 0. The molecule has 0 fully saturated rings. The van der Waals surface area contributed by atoms with Gasteiger partial charge in [0, 0.05) is 12.4 Å². The molecule has 0 spiro atoms. The van der Waals surface area contributed by atoms with E-state index in [1.807, 2.05) is 0 Å². The van der Waals surface area contributed by atoms with Gasteiger partial charge in [-0.2, -0.15) is 5.10 Å². The second kappa shape index (κ2) is 4.24. The van der Waals surface area contributed by atoms with Gasteiger partial charge in [0.15, 0.2) is 0 Å². The molecule has 0 bridgehead atoms. The van der Waals surface area contributed by atoms with Crippen molar-refractivity contribution in [3.8, 4) is 0 Å². The standard InChI is InChI=1S/C13H7F2N3O/c14-9-2-1-3-10(15)12(9)13(19)8-6-17-18-5-4-16-7-11(8)18/h1-7H. The molecule has 0 aliphatic rings. The van der Waals surface area contributed by atoms with Crippen molar-refractivity contribution in [2.24, 2.45) is 0 Å². The molecule has 19 heavy (non-hydrogen) atoms. The van der Waals surface area contributed by atoms with Crippen molar-refractivity contribution in [2.45, 2.75) is 0 Å². The van der Waals surface area contributed by atoms with Gasteiger partial charge in [-0.05, 0) is 12.1 Å².